The first-order chi connectivity index (χ1) is 13.1. The molecule has 1 fully saturated rings. The SMILES string of the molecule is CCCC(=O)N1CCC(NC(=O)N2CCc3ccc(OCC)cc3C2)CC1. The summed E-state index contributed by atoms with van der Waals surface area (Å²) in [5.41, 5.74) is 2.47. The molecule has 3 amide bonds. The highest BCUT2D eigenvalue weighted by molar-refractivity contribution is 5.76. The highest BCUT2D eigenvalue weighted by Crippen LogP contribution is 2.24. The van der Waals surface area contributed by atoms with Crippen molar-refractivity contribution >= 4 is 11.9 Å². The van der Waals surface area contributed by atoms with Crippen LogP contribution in [-0.2, 0) is 17.8 Å². The fraction of sp³-hybridized carbons (Fsp3) is 0.619. The van der Waals surface area contributed by atoms with E-state index < -0.39 is 0 Å². The maximum absolute atomic E-state index is 12.7. The monoisotopic (exact) mass is 373 g/mol. The van der Waals surface area contributed by atoms with Gasteiger partial charge in [0.25, 0.3) is 0 Å². The predicted octanol–water partition coefficient (Wildman–Crippen LogP) is 2.94. The van der Waals surface area contributed by atoms with Crippen LogP contribution in [0.1, 0.15) is 50.7 Å². The standard InChI is InChI=1S/C21H31N3O3/c1-3-5-20(25)23-12-9-18(10-13-23)22-21(26)24-11-8-16-6-7-19(27-4-2)14-17(16)15-24/h6-7,14,18H,3-5,8-13,15H2,1-2H3,(H,22,26). The molecule has 2 heterocycles. The number of ether oxygens (including phenoxy) is 1. The first kappa shape index (κ1) is 19.5. The molecule has 1 saturated heterocycles. The molecule has 1 N–H and O–H groups in total. The molecule has 1 aromatic carbocycles. The van der Waals surface area contributed by atoms with Gasteiger partial charge in [-0.1, -0.05) is 13.0 Å². The van der Waals surface area contributed by atoms with E-state index in [1.54, 1.807) is 0 Å². The van der Waals surface area contributed by atoms with Crippen molar-refractivity contribution in [2.45, 2.75) is 58.5 Å². The zero-order chi connectivity index (χ0) is 19.2. The fourth-order valence-electron chi connectivity index (χ4n) is 3.87. The third kappa shape index (κ3) is 4.93. The van der Waals surface area contributed by atoms with Crippen LogP contribution in [0.15, 0.2) is 18.2 Å². The van der Waals surface area contributed by atoms with E-state index in [2.05, 4.69) is 17.4 Å². The van der Waals surface area contributed by atoms with Crippen LogP contribution < -0.4 is 10.1 Å². The smallest absolute Gasteiger partial charge is 0.317 e. The van der Waals surface area contributed by atoms with Gasteiger partial charge in [0.1, 0.15) is 5.75 Å². The van der Waals surface area contributed by atoms with Gasteiger partial charge in [-0.25, -0.2) is 4.79 Å². The molecule has 0 atom stereocenters. The van der Waals surface area contributed by atoms with Crippen LogP contribution in [0.25, 0.3) is 0 Å². The number of hydrogen-bond acceptors (Lipinski definition) is 3. The molecule has 6 nitrogen and oxygen atoms in total. The van der Waals surface area contributed by atoms with Crippen molar-refractivity contribution in [2.75, 3.05) is 26.2 Å². The third-order valence-electron chi connectivity index (χ3n) is 5.43. The lowest BCUT2D eigenvalue weighted by atomic mass is 9.99. The van der Waals surface area contributed by atoms with E-state index in [0.717, 1.165) is 51.1 Å². The van der Waals surface area contributed by atoms with E-state index in [1.165, 1.54) is 11.1 Å². The molecule has 2 aliphatic heterocycles. The average Bonchev–Trinajstić information content (AvgIpc) is 2.68. The Morgan fingerprint density at radius 3 is 2.59 bits per heavy atom. The van der Waals surface area contributed by atoms with E-state index in [9.17, 15) is 9.59 Å². The van der Waals surface area contributed by atoms with Gasteiger partial charge in [-0.05, 0) is 55.9 Å². The van der Waals surface area contributed by atoms with Crippen LogP contribution in [0.5, 0.6) is 5.75 Å². The minimum Gasteiger partial charge on any atom is -0.494 e. The minimum absolute atomic E-state index is 0.000739. The number of fused-ring (bicyclic) bond motifs is 1. The van der Waals surface area contributed by atoms with Gasteiger partial charge in [-0.3, -0.25) is 4.79 Å². The van der Waals surface area contributed by atoms with Gasteiger partial charge in [0, 0.05) is 38.6 Å². The lowest BCUT2D eigenvalue weighted by Gasteiger charge is -2.35. The molecule has 0 aliphatic carbocycles. The second-order valence-electron chi connectivity index (χ2n) is 7.39. The first-order valence-corrected chi connectivity index (χ1v) is 10.2. The summed E-state index contributed by atoms with van der Waals surface area (Å²) in [4.78, 5) is 28.5. The summed E-state index contributed by atoms with van der Waals surface area (Å²) >= 11 is 0. The molecule has 3 rings (SSSR count). The topological polar surface area (TPSA) is 61.9 Å². The third-order valence-corrected chi connectivity index (χ3v) is 5.43. The summed E-state index contributed by atoms with van der Waals surface area (Å²) in [7, 11) is 0. The number of carbonyl (C=O) groups is 2. The number of urea groups is 1. The molecular formula is C21H31N3O3. The Balaban J connectivity index is 1.51. The summed E-state index contributed by atoms with van der Waals surface area (Å²) < 4.78 is 5.58. The van der Waals surface area contributed by atoms with Gasteiger partial charge in [-0.2, -0.15) is 0 Å². The Kier molecular flexibility index (Phi) is 6.58. The molecule has 148 valence electrons. The summed E-state index contributed by atoms with van der Waals surface area (Å²) in [6, 6.07) is 6.32. The summed E-state index contributed by atoms with van der Waals surface area (Å²) in [5, 5.41) is 3.17. The number of carbonyl (C=O) groups excluding carboxylic acids is 2. The van der Waals surface area contributed by atoms with Crippen molar-refractivity contribution in [3.05, 3.63) is 29.3 Å². The number of hydrogen-bond donors (Lipinski definition) is 1. The zero-order valence-corrected chi connectivity index (χ0v) is 16.5. The highest BCUT2D eigenvalue weighted by Gasteiger charge is 2.26. The van der Waals surface area contributed by atoms with E-state index in [-0.39, 0.29) is 18.0 Å². The minimum atomic E-state index is 0.000739. The Bertz CT molecular complexity index is 669. The van der Waals surface area contributed by atoms with Gasteiger partial charge in [0.05, 0.1) is 6.61 Å². The van der Waals surface area contributed by atoms with Crippen LogP contribution in [0, 0.1) is 0 Å². The molecule has 6 heteroatoms. The lowest BCUT2D eigenvalue weighted by molar-refractivity contribution is -0.132. The molecule has 2 aliphatic rings. The first-order valence-electron chi connectivity index (χ1n) is 10.2. The van der Waals surface area contributed by atoms with Crippen molar-refractivity contribution < 1.29 is 14.3 Å². The van der Waals surface area contributed by atoms with E-state index >= 15 is 0 Å². The molecule has 0 unspecified atom stereocenters. The van der Waals surface area contributed by atoms with Gasteiger partial charge in [0.2, 0.25) is 5.91 Å². The fourth-order valence-corrected chi connectivity index (χ4v) is 3.87. The number of rotatable bonds is 5. The molecule has 0 bridgehead atoms. The van der Waals surface area contributed by atoms with Crippen molar-refractivity contribution in [3.63, 3.8) is 0 Å². The molecule has 27 heavy (non-hydrogen) atoms. The van der Waals surface area contributed by atoms with Crippen molar-refractivity contribution in [1.29, 1.82) is 0 Å². The maximum Gasteiger partial charge on any atom is 0.317 e. The second kappa shape index (κ2) is 9.11. The maximum atomic E-state index is 12.7. The van der Waals surface area contributed by atoms with E-state index in [0.29, 0.717) is 19.6 Å². The zero-order valence-electron chi connectivity index (χ0n) is 16.5. The van der Waals surface area contributed by atoms with E-state index in [4.69, 9.17) is 4.74 Å². The Labute approximate surface area is 161 Å². The Morgan fingerprint density at radius 2 is 1.89 bits per heavy atom. The van der Waals surface area contributed by atoms with Crippen LogP contribution in [0.3, 0.4) is 0 Å². The normalized spacial score (nSPS) is 17.4. The number of amides is 3. The number of likely N-dealkylation sites (tertiary alicyclic amines) is 1. The average molecular weight is 373 g/mol. The highest BCUT2D eigenvalue weighted by atomic mass is 16.5. The van der Waals surface area contributed by atoms with Crippen LogP contribution in [-0.4, -0.2) is 54.0 Å². The van der Waals surface area contributed by atoms with E-state index in [1.807, 2.05) is 29.7 Å². The summed E-state index contributed by atoms with van der Waals surface area (Å²) in [6.07, 6.45) is 4.05. The quantitative estimate of drug-likeness (QED) is 0.863. The summed E-state index contributed by atoms with van der Waals surface area (Å²) in [6.45, 7) is 7.48. The van der Waals surface area contributed by atoms with Crippen molar-refractivity contribution in [3.8, 4) is 5.75 Å². The molecule has 0 radical (unpaired) electrons. The van der Waals surface area contributed by atoms with Crippen LogP contribution >= 0.6 is 0 Å². The van der Waals surface area contributed by atoms with Crippen molar-refractivity contribution in [2.24, 2.45) is 0 Å². The Hall–Kier alpha value is -2.24. The van der Waals surface area contributed by atoms with Gasteiger partial charge in [-0.15, -0.1) is 0 Å². The number of nitrogens with one attached hydrogen (secondary N) is 1. The Morgan fingerprint density at radius 1 is 1.11 bits per heavy atom. The van der Waals surface area contributed by atoms with Gasteiger partial charge in [0.15, 0.2) is 0 Å². The predicted molar refractivity (Wildman–Crippen MR) is 105 cm³/mol. The number of nitrogens with zero attached hydrogens (tertiary/aromatic N) is 2. The van der Waals surface area contributed by atoms with Gasteiger partial charge < -0.3 is 19.9 Å². The second-order valence-corrected chi connectivity index (χ2v) is 7.39. The lowest BCUT2D eigenvalue weighted by Crippen LogP contribution is -2.51. The molecule has 0 spiro atoms. The van der Waals surface area contributed by atoms with Crippen LogP contribution in [0.4, 0.5) is 4.79 Å². The summed E-state index contributed by atoms with van der Waals surface area (Å²) in [5.74, 6) is 1.10. The van der Waals surface area contributed by atoms with Gasteiger partial charge >= 0.3 is 6.03 Å². The van der Waals surface area contributed by atoms with Crippen molar-refractivity contribution in [1.82, 2.24) is 15.1 Å². The number of piperidine rings is 1. The molecule has 0 aromatic heterocycles. The number of benzene rings is 1. The molecule has 1 aromatic rings. The molecule has 0 saturated carbocycles. The van der Waals surface area contributed by atoms with Crippen LogP contribution in [0.2, 0.25) is 0 Å². The largest absolute Gasteiger partial charge is 0.494 e. The molecular weight excluding hydrogens is 342 g/mol.